The first-order chi connectivity index (χ1) is 8.22. The van der Waals surface area contributed by atoms with Crippen LogP contribution in [0.3, 0.4) is 0 Å². The van der Waals surface area contributed by atoms with Crippen LogP contribution in [0, 0.1) is 5.92 Å². The van der Waals surface area contributed by atoms with Crippen molar-refractivity contribution in [3.8, 4) is 0 Å². The van der Waals surface area contributed by atoms with Gasteiger partial charge in [-0.05, 0) is 37.4 Å². The molecule has 0 amide bonds. The van der Waals surface area contributed by atoms with E-state index in [1.165, 1.54) is 30.6 Å². The van der Waals surface area contributed by atoms with Gasteiger partial charge >= 0.3 is 0 Å². The van der Waals surface area contributed by atoms with Gasteiger partial charge in [-0.1, -0.05) is 18.6 Å². The van der Waals surface area contributed by atoms with Gasteiger partial charge in [0.15, 0.2) is 0 Å². The number of nitrogens with one attached hydrogen (secondary N) is 1. The predicted octanol–water partition coefficient (Wildman–Crippen LogP) is 2.29. The molecule has 0 aliphatic heterocycles. The Hall–Kier alpha value is -1.22. The van der Waals surface area contributed by atoms with Gasteiger partial charge in [-0.2, -0.15) is 0 Å². The first kappa shape index (κ1) is 12.2. The van der Waals surface area contributed by atoms with Crippen LogP contribution in [-0.2, 0) is 0 Å². The van der Waals surface area contributed by atoms with E-state index in [1.54, 1.807) is 0 Å². The molecule has 1 fully saturated rings. The fraction of sp³-hybridized carbons (Fsp3) is 0.571. The van der Waals surface area contributed by atoms with Crippen LogP contribution in [0.4, 0.5) is 11.4 Å². The molecule has 0 radical (unpaired) electrons. The summed E-state index contributed by atoms with van der Waals surface area (Å²) in [5.41, 5.74) is 8.30. The molecule has 0 saturated heterocycles. The van der Waals surface area contributed by atoms with Crippen LogP contribution in [-0.4, -0.2) is 26.7 Å². The van der Waals surface area contributed by atoms with E-state index in [0.717, 1.165) is 6.54 Å². The van der Waals surface area contributed by atoms with E-state index in [1.807, 2.05) is 0 Å². The maximum absolute atomic E-state index is 5.83. The van der Waals surface area contributed by atoms with Gasteiger partial charge in [0.1, 0.15) is 0 Å². The van der Waals surface area contributed by atoms with E-state index < -0.39 is 0 Å². The first-order valence-electron chi connectivity index (χ1n) is 6.45. The second-order valence-electron chi connectivity index (χ2n) is 5.09. The van der Waals surface area contributed by atoms with Crippen molar-refractivity contribution in [2.24, 2.45) is 11.7 Å². The number of para-hydroxylation sites is 2. The van der Waals surface area contributed by atoms with Gasteiger partial charge in [0, 0.05) is 20.1 Å². The third-order valence-corrected chi connectivity index (χ3v) is 3.69. The summed E-state index contributed by atoms with van der Waals surface area (Å²) >= 11 is 0. The van der Waals surface area contributed by atoms with Crippen LogP contribution in [0.25, 0.3) is 0 Å². The molecule has 0 aromatic heterocycles. The summed E-state index contributed by atoms with van der Waals surface area (Å²) in [7, 11) is 4.16. The Morgan fingerprint density at radius 3 is 2.76 bits per heavy atom. The summed E-state index contributed by atoms with van der Waals surface area (Å²) in [5.74, 6) is 0.630. The lowest BCUT2D eigenvalue weighted by Crippen LogP contribution is -2.30. The lowest BCUT2D eigenvalue weighted by Gasteiger charge is -2.24. The van der Waals surface area contributed by atoms with Gasteiger partial charge in [0.25, 0.3) is 0 Å². The van der Waals surface area contributed by atoms with E-state index in [9.17, 15) is 0 Å². The van der Waals surface area contributed by atoms with Gasteiger partial charge < -0.3 is 16.0 Å². The fourth-order valence-electron chi connectivity index (χ4n) is 2.69. The number of rotatable bonds is 4. The summed E-state index contributed by atoms with van der Waals surface area (Å²) in [6, 6.07) is 9.01. The third kappa shape index (κ3) is 2.72. The zero-order valence-corrected chi connectivity index (χ0v) is 10.8. The minimum Gasteiger partial charge on any atom is -0.380 e. The third-order valence-electron chi connectivity index (χ3n) is 3.69. The van der Waals surface area contributed by atoms with E-state index in [0.29, 0.717) is 12.0 Å². The Kier molecular flexibility index (Phi) is 3.89. The summed E-state index contributed by atoms with van der Waals surface area (Å²) in [6.07, 6.45) is 3.80. The van der Waals surface area contributed by atoms with Gasteiger partial charge in [-0.15, -0.1) is 0 Å². The zero-order chi connectivity index (χ0) is 12.3. The van der Waals surface area contributed by atoms with E-state index in [-0.39, 0.29) is 0 Å². The second kappa shape index (κ2) is 5.41. The summed E-state index contributed by atoms with van der Waals surface area (Å²) in [5, 5.41) is 3.67. The summed E-state index contributed by atoms with van der Waals surface area (Å²) in [6.45, 7) is 0.793. The average Bonchev–Trinajstić information content (AvgIpc) is 2.77. The van der Waals surface area contributed by atoms with Crippen molar-refractivity contribution in [1.29, 1.82) is 0 Å². The van der Waals surface area contributed by atoms with Gasteiger partial charge in [0.2, 0.25) is 0 Å². The molecule has 1 aromatic rings. The Balaban J connectivity index is 2.12. The number of nitrogens with zero attached hydrogens (tertiary/aromatic N) is 1. The predicted molar refractivity (Wildman–Crippen MR) is 74.6 cm³/mol. The van der Waals surface area contributed by atoms with E-state index in [2.05, 4.69) is 48.6 Å². The molecule has 1 aromatic carbocycles. The molecule has 0 spiro atoms. The van der Waals surface area contributed by atoms with Crippen molar-refractivity contribution in [1.82, 2.24) is 0 Å². The van der Waals surface area contributed by atoms with E-state index >= 15 is 0 Å². The minimum atomic E-state index is 0.543. The lowest BCUT2D eigenvalue weighted by molar-refractivity contribution is 0.516. The Bertz CT molecular complexity index is 362. The van der Waals surface area contributed by atoms with Crippen LogP contribution in [0.5, 0.6) is 0 Å². The molecule has 1 saturated carbocycles. The molecule has 0 heterocycles. The number of nitrogens with two attached hydrogens (primary N) is 1. The highest BCUT2D eigenvalue weighted by Crippen LogP contribution is 2.31. The molecule has 1 aliphatic carbocycles. The molecule has 3 N–H and O–H groups in total. The average molecular weight is 233 g/mol. The summed E-state index contributed by atoms with van der Waals surface area (Å²) < 4.78 is 0. The van der Waals surface area contributed by atoms with Crippen LogP contribution in [0.2, 0.25) is 0 Å². The zero-order valence-electron chi connectivity index (χ0n) is 10.8. The lowest BCUT2D eigenvalue weighted by atomic mass is 10.0. The number of hydrogen-bond donors (Lipinski definition) is 2. The fourth-order valence-corrected chi connectivity index (χ4v) is 2.69. The molecule has 2 rings (SSSR count). The van der Waals surface area contributed by atoms with Crippen molar-refractivity contribution in [3.63, 3.8) is 0 Å². The molecular formula is C14H23N3. The molecule has 94 valence electrons. The van der Waals surface area contributed by atoms with Crippen molar-refractivity contribution >= 4 is 11.4 Å². The van der Waals surface area contributed by atoms with Crippen LogP contribution in [0.1, 0.15) is 19.3 Å². The van der Waals surface area contributed by atoms with Gasteiger partial charge in [-0.3, -0.25) is 0 Å². The maximum atomic E-state index is 5.83. The van der Waals surface area contributed by atoms with Crippen LogP contribution >= 0.6 is 0 Å². The Morgan fingerprint density at radius 1 is 1.29 bits per heavy atom. The molecule has 0 bridgehead atoms. The SMILES string of the molecule is CN(C)c1ccccc1NC1CCCC1CN. The van der Waals surface area contributed by atoms with Crippen molar-refractivity contribution in [2.45, 2.75) is 25.3 Å². The molecule has 2 atom stereocenters. The Labute approximate surface area is 104 Å². The molecule has 1 aliphatic rings. The van der Waals surface area contributed by atoms with Crippen molar-refractivity contribution in [3.05, 3.63) is 24.3 Å². The monoisotopic (exact) mass is 233 g/mol. The van der Waals surface area contributed by atoms with Crippen LogP contribution in [0.15, 0.2) is 24.3 Å². The first-order valence-corrected chi connectivity index (χ1v) is 6.45. The smallest absolute Gasteiger partial charge is 0.0596 e. The molecule has 3 nitrogen and oxygen atoms in total. The van der Waals surface area contributed by atoms with E-state index in [4.69, 9.17) is 5.73 Å². The standard InChI is InChI=1S/C14H23N3/c1-17(2)14-9-4-3-7-13(14)16-12-8-5-6-11(12)10-15/h3-4,7,9,11-12,16H,5-6,8,10,15H2,1-2H3. The van der Waals surface area contributed by atoms with Gasteiger partial charge in [0.05, 0.1) is 11.4 Å². The highest BCUT2D eigenvalue weighted by Gasteiger charge is 2.26. The molecule has 3 heteroatoms. The molecule has 17 heavy (non-hydrogen) atoms. The topological polar surface area (TPSA) is 41.3 Å². The quantitative estimate of drug-likeness (QED) is 0.838. The maximum Gasteiger partial charge on any atom is 0.0596 e. The Morgan fingerprint density at radius 2 is 2.06 bits per heavy atom. The van der Waals surface area contributed by atoms with Crippen molar-refractivity contribution in [2.75, 3.05) is 30.9 Å². The molecule has 2 unspecified atom stereocenters. The summed E-state index contributed by atoms with van der Waals surface area (Å²) in [4.78, 5) is 2.15. The minimum absolute atomic E-state index is 0.543. The highest BCUT2D eigenvalue weighted by atomic mass is 15.1. The van der Waals surface area contributed by atoms with Gasteiger partial charge in [-0.25, -0.2) is 0 Å². The largest absolute Gasteiger partial charge is 0.380 e. The second-order valence-corrected chi connectivity index (χ2v) is 5.09. The van der Waals surface area contributed by atoms with Crippen LogP contribution < -0.4 is 16.0 Å². The normalized spacial score (nSPS) is 23.7. The van der Waals surface area contributed by atoms with Crippen molar-refractivity contribution < 1.29 is 0 Å². The highest BCUT2D eigenvalue weighted by molar-refractivity contribution is 5.69. The number of anilines is 2. The molecular weight excluding hydrogens is 210 g/mol. The number of hydrogen-bond acceptors (Lipinski definition) is 3. The number of benzene rings is 1.